The number of amides is 5. The van der Waals surface area contributed by atoms with Gasteiger partial charge in [-0.25, -0.2) is 4.79 Å². The average molecular weight is 581 g/mol. The van der Waals surface area contributed by atoms with Crippen LogP contribution in [0, 0.1) is 6.92 Å². The normalized spacial score (nSPS) is 19.9. The summed E-state index contributed by atoms with van der Waals surface area (Å²) in [6.07, 6.45) is 2.79. The lowest BCUT2D eigenvalue weighted by atomic mass is 10.0. The number of hydrogen-bond donors (Lipinski definition) is 3. The van der Waals surface area contributed by atoms with E-state index in [0.29, 0.717) is 35.3 Å². The van der Waals surface area contributed by atoms with Crippen molar-refractivity contribution in [2.45, 2.75) is 64.3 Å². The Bertz CT molecular complexity index is 1370. The first-order valence-electron chi connectivity index (χ1n) is 14.1. The van der Waals surface area contributed by atoms with Crippen molar-refractivity contribution in [3.8, 4) is 0 Å². The minimum absolute atomic E-state index is 0.212. The van der Waals surface area contributed by atoms with Crippen LogP contribution >= 0.6 is 11.6 Å². The van der Waals surface area contributed by atoms with E-state index in [-0.39, 0.29) is 30.8 Å². The number of piperidine rings is 2. The van der Waals surface area contributed by atoms with E-state index in [1.54, 1.807) is 12.1 Å². The molecule has 218 valence electrons. The van der Waals surface area contributed by atoms with Crippen molar-refractivity contribution in [1.29, 1.82) is 0 Å². The highest BCUT2D eigenvalue weighted by molar-refractivity contribution is 6.31. The lowest BCUT2D eigenvalue weighted by molar-refractivity contribution is -0.136. The second-order valence-corrected chi connectivity index (χ2v) is 11.8. The lowest BCUT2D eigenvalue weighted by Gasteiger charge is -2.35. The molecule has 1 unspecified atom stereocenters. The van der Waals surface area contributed by atoms with Gasteiger partial charge in [0.1, 0.15) is 6.04 Å². The van der Waals surface area contributed by atoms with Gasteiger partial charge in [0.25, 0.3) is 5.91 Å². The van der Waals surface area contributed by atoms with E-state index in [0.717, 1.165) is 54.7 Å². The summed E-state index contributed by atoms with van der Waals surface area (Å²) in [4.78, 5) is 55.9. The van der Waals surface area contributed by atoms with Crippen LogP contribution < -0.4 is 16.0 Å². The zero-order valence-corrected chi connectivity index (χ0v) is 24.5. The van der Waals surface area contributed by atoms with E-state index in [9.17, 15) is 19.2 Å². The SMILES string of the molecule is Cc1c(Cl)cc(NC(=O)NCc2ccc3c(c2)C(=O)N(C2CCC(=O)NC2=O)C3)cc1CN1CCC(N(C)C)CC1. The van der Waals surface area contributed by atoms with Crippen LogP contribution in [0.25, 0.3) is 0 Å². The number of hydrogen-bond acceptors (Lipinski definition) is 6. The number of benzene rings is 2. The van der Waals surface area contributed by atoms with Gasteiger partial charge < -0.3 is 20.4 Å². The van der Waals surface area contributed by atoms with Crippen LogP contribution in [-0.2, 0) is 29.2 Å². The van der Waals surface area contributed by atoms with Crippen molar-refractivity contribution in [3.05, 3.63) is 63.2 Å². The number of nitrogens with zero attached hydrogens (tertiary/aromatic N) is 3. The molecule has 3 aliphatic rings. The second kappa shape index (κ2) is 12.2. The molecule has 1 atom stereocenters. The van der Waals surface area contributed by atoms with Gasteiger partial charge in [-0.15, -0.1) is 0 Å². The Morgan fingerprint density at radius 2 is 1.85 bits per heavy atom. The van der Waals surface area contributed by atoms with Gasteiger partial charge in [-0.3, -0.25) is 24.6 Å². The summed E-state index contributed by atoms with van der Waals surface area (Å²) in [5.74, 6) is -0.991. The fourth-order valence-corrected chi connectivity index (χ4v) is 6.12. The zero-order valence-electron chi connectivity index (χ0n) is 23.8. The molecule has 0 spiro atoms. The third kappa shape index (κ3) is 6.55. The summed E-state index contributed by atoms with van der Waals surface area (Å²) in [5.41, 5.74) is 4.83. The molecule has 3 aliphatic heterocycles. The van der Waals surface area contributed by atoms with Crippen LogP contribution in [0.15, 0.2) is 30.3 Å². The van der Waals surface area contributed by atoms with Gasteiger partial charge >= 0.3 is 6.03 Å². The monoisotopic (exact) mass is 580 g/mol. The fraction of sp³-hybridized carbons (Fsp3) is 0.467. The van der Waals surface area contributed by atoms with Crippen molar-refractivity contribution in [3.63, 3.8) is 0 Å². The maximum atomic E-state index is 13.1. The number of likely N-dealkylation sites (tertiary alicyclic amines) is 1. The van der Waals surface area contributed by atoms with E-state index in [2.05, 4.69) is 39.8 Å². The highest BCUT2D eigenvalue weighted by atomic mass is 35.5. The first-order valence-corrected chi connectivity index (χ1v) is 14.5. The number of nitrogens with one attached hydrogen (secondary N) is 3. The zero-order chi connectivity index (χ0) is 29.3. The third-order valence-electron chi connectivity index (χ3n) is 8.44. The maximum Gasteiger partial charge on any atom is 0.319 e. The van der Waals surface area contributed by atoms with E-state index in [4.69, 9.17) is 11.6 Å². The number of imide groups is 1. The smallest absolute Gasteiger partial charge is 0.319 e. The molecule has 0 saturated carbocycles. The number of carbonyl (C=O) groups is 4. The fourth-order valence-electron chi connectivity index (χ4n) is 5.88. The molecule has 2 aromatic carbocycles. The molecule has 5 rings (SSSR count). The number of carbonyl (C=O) groups excluding carboxylic acids is 4. The van der Waals surface area contributed by atoms with Crippen molar-refractivity contribution in [1.82, 2.24) is 25.3 Å². The highest BCUT2D eigenvalue weighted by Crippen LogP contribution is 2.29. The molecule has 0 bridgehead atoms. The average Bonchev–Trinajstić information content (AvgIpc) is 3.26. The molecule has 0 radical (unpaired) electrons. The standard InChI is InChI=1S/C30H37ClN6O4/c1-18-21(16-36-10-8-23(9-11-36)35(2)3)13-22(14-25(18)31)33-30(41)32-15-19-4-5-20-17-37(29(40)24(20)12-19)26-6-7-27(38)34-28(26)39/h4-5,12-14,23,26H,6-11,15-17H2,1-3H3,(H2,32,33,41)(H,34,38,39). The number of anilines is 1. The highest BCUT2D eigenvalue weighted by Gasteiger charge is 2.39. The van der Waals surface area contributed by atoms with Gasteiger partial charge in [-0.1, -0.05) is 23.7 Å². The molecule has 2 aromatic rings. The van der Waals surface area contributed by atoms with Crippen LogP contribution in [0.5, 0.6) is 0 Å². The van der Waals surface area contributed by atoms with Crippen LogP contribution in [0.3, 0.4) is 0 Å². The molecule has 0 aromatic heterocycles. The number of rotatable bonds is 7. The first kappa shape index (κ1) is 29.0. The molecule has 0 aliphatic carbocycles. The van der Waals surface area contributed by atoms with E-state index in [1.807, 2.05) is 25.1 Å². The predicted octanol–water partition coefficient (Wildman–Crippen LogP) is 3.26. The molecule has 2 fully saturated rings. The largest absolute Gasteiger partial charge is 0.334 e. The minimum Gasteiger partial charge on any atom is -0.334 e. The first-order chi connectivity index (χ1) is 19.6. The topological polar surface area (TPSA) is 114 Å². The van der Waals surface area contributed by atoms with Gasteiger partial charge in [-0.2, -0.15) is 0 Å². The van der Waals surface area contributed by atoms with Crippen LogP contribution in [0.4, 0.5) is 10.5 Å². The Morgan fingerprint density at radius 3 is 2.56 bits per heavy atom. The van der Waals surface area contributed by atoms with E-state index < -0.39 is 11.9 Å². The molecule has 41 heavy (non-hydrogen) atoms. The summed E-state index contributed by atoms with van der Waals surface area (Å²) in [6.45, 7) is 5.36. The Hall–Kier alpha value is -3.47. The Morgan fingerprint density at radius 1 is 1.10 bits per heavy atom. The summed E-state index contributed by atoms with van der Waals surface area (Å²) in [6, 6.07) is 8.79. The molecule has 11 heteroatoms. The molecular formula is C30H37ClN6O4. The van der Waals surface area contributed by atoms with Gasteiger partial charge in [0, 0.05) is 48.4 Å². The quantitative estimate of drug-likeness (QED) is 0.433. The van der Waals surface area contributed by atoms with Crippen molar-refractivity contribution in [2.24, 2.45) is 0 Å². The summed E-state index contributed by atoms with van der Waals surface area (Å²) in [5, 5.41) is 8.67. The maximum absolute atomic E-state index is 13.1. The predicted molar refractivity (Wildman–Crippen MR) is 157 cm³/mol. The van der Waals surface area contributed by atoms with E-state index >= 15 is 0 Å². The minimum atomic E-state index is -0.656. The summed E-state index contributed by atoms with van der Waals surface area (Å²) >= 11 is 6.54. The Balaban J connectivity index is 1.17. The molecule has 2 saturated heterocycles. The van der Waals surface area contributed by atoms with Gasteiger partial charge in [0.2, 0.25) is 11.8 Å². The molecule has 5 amide bonds. The van der Waals surface area contributed by atoms with Gasteiger partial charge in [-0.05, 0) is 93.8 Å². The molecule has 3 heterocycles. The molecule has 3 N–H and O–H groups in total. The van der Waals surface area contributed by atoms with Gasteiger partial charge in [0.15, 0.2) is 0 Å². The van der Waals surface area contributed by atoms with Crippen molar-refractivity contribution >= 4 is 41.0 Å². The number of urea groups is 1. The van der Waals surface area contributed by atoms with Crippen LogP contribution in [0.2, 0.25) is 5.02 Å². The van der Waals surface area contributed by atoms with Gasteiger partial charge in [0.05, 0.1) is 0 Å². The third-order valence-corrected chi connectivity index (χ3v) is 8.83. The summed E-state index contributed by atoms with van der Waals surface area (Å²) < 4.78 is 0. The van der Waals surface area contributed by atoms with Crippen LogP contribution in [0.1, 0.15) is 58.3 Å². The van der Waals surface area contributed by atoms with Crippen molar-refractivity contribution < 1.29 is 19.2 Å². The number of halogens is 1. The second-order valence-electron chi connectivity index (χ2n) is 11.4. The lowest BCUT2D eigenvalue weighted by Crippen LogP contribution is -2.52. The Labute approximate surface area is 245 Å². The van der Waals surface area contributed by atoms with Crippen molar-refractivity contribution in [2.75, 3.05) is 32.5 Å². The molecule has 10 nitrogen and oxygen atoms in total. The number of fused-ring (bicyclic) bond motifs is 1. The Kier molecular flexibility index (Phi) is 8.63. The van der Waals surface area contributed by atoms with E-state index in [1.165, 1.54) is 4.90 Å². The van der Waals surface area contributed by atoms with Crippen LogP contribution in [-0.4, -0.2) is 77.7 Å². The molecular weight excluding hydrogens is 544 g/mol. The summed E-state index contributed by atoms with van der Waals surface area (Å²) in [7, 11) is 4.26.